The van der Waals surface area contributed by atoms with Crippen molar-refractivity contribution in [3.8, 4) is 0 Å². The van der Waals surface area contributed by atoms with Crippen LogP contribution in [0.2, 0.25) is 0 Å². The molecule has 0 saturated heterocycles. The molecule has 0 atom stereocenters. The second kappa shape index (κ2) is 5.69. The SMILES string of the molecule is CS(=O)(=O)NCCNc1cc(C(=O)O)ccc1N. The van der Waals surface area contributed by atoms with Crippen molar-refractivity contribution in [1.82, 2.24) is 4.72 Å². The quantitative estimate of drug-likeness (QED) is 0.425. The highest BCUT2D eigenvalue weighted by molar-refractivity contribution is 7.88. The van der Waals surface area contributed by atoms with Crippen molar-refractivity contribution in [1.29, 1.82) is 0 Å². The lowest BCUT2D eigenvalue weighted by Gasteiger charge is -2.10. The van der Waals surface area contributed by atoms with Crippen molar-refractivity contribution in [2.75, 3.05) is 30.4 Å². The molecule has 0 aliphatic carbocycles. The van der Waals surface area contributed by atoms with Gasteiger partial charge >= 0.3 is 5.97 Å². The van der Waals surface area contributed by atoms with E-state index in [-0.39, 0.29) is 12.1 Å². The molecule has 8 heteroatoms. The number of hydrogen-bond donors (Lipinski definition) is 4. The molecule has 0 fully saturated rings. The summed E-state index contributed by atoms with van der Waals surface area (Å²) in [6.07, 6.45) is 1.06. The predicted molar refractivity (Wildman–Crippen MR) is 69.1 cm³/mol. The molecule has 0 aliphatic rings. The maximum atomic E-state index is 10.8. The van der Waals surface area contributed by atoms with Gasteiger partial charge in [0.15, 0.2) is 0 Å². The number of nitrogens with two attached hydrogens (primary N) is 1. The Morgan fingerprint density at radius 1 is 1.39 bits per heavy atom. The normalized spacial score (nSPS) is 11.2. The molecule has 0 aromatic heterocycles. The van der Waals surface area contributed by atoms with Gasteiger partial charge in [0.1, 0.15) is 0 Å². The predicted octanol–water partition coefficient (Wildman–Crippen LogP) is -0.0719. The smallest absolute Gasteiger partial charge is 0.335 e. The number of carboxylic acids is 1. The number of benzene rings is 1. The minimum atomic E-state index is -3.23. The lowest BCUT2D eigenvalue weighted by molar-refractivity contribution is 0.0697. The largest absolute Gasteiger partial charge is 0.478 e. The Balaban J connectivity index is 2.61. The molecular weight excluding hydrogens is 258 g/mol. The van der Waals surface area contributed by atoms with Crippen LogP contribution in [0.4, 0.5) is 11.4 Å². The molecule has 1 aromatic carbocycles. The van der Waals surface area contributed by atoms with Crippen LogP contribution in [0.5, 0.6) is 0 Å². The Kier molecular flexibility index (Phi) is 4.51. The van der Waals surface area contributed by atoms with Crippen molar-refractivity contribution >= 4 is 27.4 Å². The van der Waals surface area contributed by atoms with Gasteiger partial charge in [-0.1, -0.05) is 0 Å². The number of nitrogens with one attached hydrogen (secondary N) is 2. The molecule has 7 nitrogen and oxygen atoms in total. The molecule has 0 saturated carbocycles. The van der Waals surface area contributed by atoms with Gasteiger partial charge in [-0.15, -0.1) is 0 Å². The Bertz CT molecular complexity index is 542. The maximum Gasteiger partial charge on any atom is 0.335 e. The third kappa shape index (κ3) is 4.60. The Labute approximate surface area is 105 Å². The first-order valence-corrected chi connectivity index (χ1v) is 7.00. The van der Waals surface area contributed by atoms with Crippen LogP contribution >= 0.6 is 0 Å². The van der Waals surface area contributed by atoms with Gasteiger partial charge < -0.3 is 16.2 Å². The van der Waals surface area contributed by atoms with Crippen LogP contribution < -0.4 is 15.8 Å². The van der Waals surface area contributed by atoms with Crippen LogP contribution in [-0.2, 0) is 10.0 Å². The summed E-state index contributed by atoms with van der Waals surface area (Å²) in [6, 6.07) is 4.28. The van der Waals surface area contributed by atoms with Crippen LogP contribution in [0.25, 0.3) is 0 Å². The summed E-state index contributed by atoms with van der Waals surface area (Å²) in [5, 5.41) is 11.7. The number of sulfonamides is 1. The summed E-state index contributed by atoms with van der Waals surface area (Å²) in [7, 11) is -3.23. The molecule has 1 aromatic rings. The lowest BCUT2D eigenvalue weighted by atomic mass is 10.1. The zero-order valence-electron chi connectivity index (χ0n) is 9.80. The number of anilines is 2. The summed E-state index contributed by atoms with van der Waals surface area (Å²) in [6.45, 7) is 0.496. The van der Waals surface area contributed by atoms with Crippen LogP contribution in [0.3, 0.4) is 0 Å². The summed E-state index contributed by atoms with van der Waals surface area (Å²) in [4.78, 5) is 10.8. The first-order valence-electron chi connectivity index (χ1n) is 5.11. The Hall–Kier alpha value is -1.80. The van der Waals surface area contributed by atoms with Gasteiger partial charge in [-0.25, -0.2) is 17.9 Å². The van der Waals surface area contributed by atoms with Crippen molar-refractivity contribution in [2.45, 2.75) is 0 Å². The molecule has 0 spiro atoms. The van der Waals surface area contributed by atoms with Crippen molar-refractivity contribution in [3.05, 3.63) is 23.8 Å². The van der Waals surface area contributed by atoms with Gasteiger partial charge in [0, 0.05) is 13.1 Å². The fraction of sp³-hybridized carbons (Fsp3) is 0.300. The minimum Gasteiger partial charge on any atom is -0.478 e. The second-order valence-electron chi connectivity index (χ2n) is 3.70. The molecule has 0 radical (unpaired) electrons. The van der Waals surface area contributed by atoms with E-state index in [4.69, 9.17) is 10.8 Å². The van der Waals surface area contributed by atoms with E-state index in [9.17, 15) is 13.2 Å². The number of carbonyl (C=O) groups is 1. The number of aromatic carboxylic acids is 1. The number of carboxylic acid groups (broad SMARTS) is 1. The third-order valence-electron chi connectivity index (χ3n) is 2.10. The minimum absolute atomic E-state index is 0.114. The van der Waals surface area contributed by atoms with Gasteiger partial charge in [-0.3, -0.25) is 0 Å². The van der Waals surface area contributed by atoms with E-state index in [1.807, 2.05) is 0 Å². The Morgan fingerprint density at radius 2 is 2.06 bits per heavy atom. The number of hydrogen-bond acceptors (Lipinski definition) is 5. The fourth-order valence-corrected chi connectivity index (χ4v) is 1.75. The highest BCUT2D eigenvalue weighted by atomic mass is 32.2. The summed E-state index contributed by atoms with van der Waals surface area (Å²) in [5.74, 6) is -1.05. The second-order valence-corrected chi connectivity index (χ2v) is 5.53. The van der Waals surface area contributed by atoms with E-state index in [1.165, 1.54) is 18.2 Å². The maximum absolute atomic E-state index is 10.8. The number of nitrogen functional groups attached to an aromatic ring is 1. The van der Waals surface area contributed by atoms with E-state index in [0.717, 1.165) is 6.26 Å². The number of rotatable bonds is 6. The summed E-state index contributed by atoms with van der Waals surface area (Å²) >= 11 is 0. The molecule has 5 N–H and O–H groups in total. The topological polar surface area (TPSA) is 122 Å². The molecule has 0 amide bonds. The first-order chi connectivity index (χ1) is 8.29. The van der Waals surface area contributed by atoms with Crippen molar-refractivity contribution in [3.63, 3.8) is 0 Å². The fourth-order valence-electron chi connectivity index (χ4n) is 1.28. The van der Waals surface area contributed by atoms with E-state index in [1.54, 1.807) is 0 Å². The molecule has 1 rings (SSSR count). The van der Waals surface area contributed by atoms with E-state index >= 15 is 0 Å². The first kappa shape index (κ1) is 14.3. The van der Waals surface area contributed by atoms with E-state index in [2.05, 4.69) is 10.0 Å². The standard InChI is InChI=1S/C10H15N3O4S/c1-18(16,17)13-5-4-12-9-6-7(10(14)15)2-3-8(9)11/h2-3,6,12-13H,4-5,11H2,1H3,(H,14,15). The van der Waals surface area contributed by atoms with Crippen LogP contribution in [-0.4, -0.2) is 38.8 Å². The highest BCUT2D eigenvalue weighted by Gasteiger charge is 2.06. The summed E-state index contributed by atoms with van der Waals surface area (Å²) in [5.41, 5.74) is 6.64. The van der Waals surface area contributed by atoms with E-state index < -0.39 is 16.0 Å². The van der Waals surface area contributed by atoms with Gasteiger partial charge in [0.25, 0.3) is 0 Å². The summed E-state index contributed by atoms with van der Waals surface area (Å²) < 4.78 is 23.9. The van der Waals surface area contributed by atoms with Gasteiger partial charge in [-0.2, -0.15) is 0 Å². The molecule has 100 valence electrons. The zero-order chi connectivity index (χ0) is 13.8. The molecule has 0 aliphatic heterocycles. The highest BCUT2D eigenvalue weighted by Crippen LogP contribution is 2.19. The molecule has 18 heavy (non-hydrogen) atoms. The lowest BCUT2D eigenvalue weighted by Crippen LogP contribution is -2.27. The van der Waals surface area contributed by atoms with Crippen LogP contribution in [0.15, 0.2) is 18.2 Å². The molecule has 0 unspecified atom stereocenters. The van der Waals surface area contributed by atoms with Gasteiger partial charge in [0.2, 0.25) is 10.0 Å². The average molecular weight is 273 g/mol. The third-order valence-corrected chi connectivity index (χ3v) is 2.83. The van der Waals surface area contributed by atoms with Crippen LogP contribution in [0.1, 0.15) is 10.4 Å². The van der Waals surface area contributed by atoms with Gasteiger partial charge in [-0.05, 0) is 18.2 Å². The van der Waals surface area contributed by atoms with E-state index in [0.29, 0.717) is 17.9 Å². The molecule has 0 heterocycles. The molecular formula is C10H15N3O4S. The zero-order valence-corrected chi connectivity index (χ0v) is 10.6. The monoisotopic (exact) mass is 273 g/mol. The Morgan fingerprint density at radius 3 is 2.61 bits per heavy atom. The van der Waals surface area contributed by atoms with Crippen molar-refractivity contribution in [2.24, 2.45) is 0 Å². The van der Waals surface area contributed by atoms with Crippen molar-refractivity contribution < 1.29 is 18.3 Å². The van der Waals surface area contributed by atoms with Crippen LogP contribution in [0, 0.1) is 0 Å². The van der Waals surface area contributed by atoms with Gasteiger partial charge in [0.05, 0.1) is 23.2 Å². The average Bonchev–Trinajstić information content (AvgIpc) is 2.24. The molecule has 0 bridgehead atoms.